The van der Waals surface area contributed by atoms with Crippen molar-refractivity contribution in [2.75, 3.05) is 6.54 Å². The predicted molar refractivity (Wildman–Crippen MR) is 158 cm³/mol. The zero-order chi connectivity index (χ0) is 28.9. The number of nitrogens with one attached hydrogen (secondary N) is 1. The van der Waals surface area contributed by atoms with E-state index < -0.39 is 6.04 Å². The van der Waals surface area contributed by atoms with Crippen LogP contribution in [0.1, 0.15) is 56.1 Å². The van der Waals surface area contributed by atoms with Crippen LogP contribution in [-0.2, 0) is 32.1 Å². The summed E-state index contributed by atoms with van der Waals surface area (Å²) in [5.41, 5.74) is 1.45. The molecule has 0 spiro atoms. The van der Waals surface area contributed by atoms with E-state index in [0.29, 0.717) is 34.9 Å². The summed E-state index contributed by atoms with van der Waals surface area (Å²) in [4.78, 5) is 56.7. The maximum atomic E-state index is 14.0. The van der Waals surface area contributed by atoms with Crippen molar-refractivity contribution in [1.29, 1.82) is 0 Å². The molecular formula is C32H35Cl2N3O4. The molecule has 9 heteroatoms. The highest BCUT2D eigenvalue weighted by Crippen LogP contribution is 2.35. The number of allylic oxidation sites excluding steroid dienone is 2. The second-order valence-corrected chi connectivity index (χ2v) is 12.0. The molecule has 1 saturated carbocycles. The summed E-state index contributed by atoms with van der Waals surface area (Å²) in [5.74, 6) is -1.75. The molecule has 1 saturated heterocycles. The summed E-state index contributed by atoms with van der Waals surface area (Å²) in [6.07, 6.45) is 9.08. The van der Waals surface area contributed by atoms with Crippen molar-refractivity contribution in [1.82, 2.24) is 15.1 Å². The van der Waals surface area contributed by atoms with Crippen molar-refractivity contribution in [3.05, 3.63) is 81.9 Å². The van der Waals surface area contributed by atoms with Gasteiger partial charge in [-0.1, -0.05) is 84.6 Å². The van der Waals surface area contributed by atoms with Gasteiger partial charge in [-0.05, 0) is 43.4 Å². The van der Waals surface area contributed by atoms with E-state index in [1.54, 1.807) is 18.2 Å². The van der Waals surface area contributed by atoms with Crippen LogP contribution >= 0.6 is 23.2 Å². The summed E-state index contributed by atoms with van der Waals surface area (Å²) in [7, 11) is 0. The number of nitrogens with zero attached hydrogens (tertiary/aromatic N) is 2. The molecule has 1 heterocycles. The third kappa shape index (κ3) is 6.68. The Kier molecular flexibility index (Phi) is 9.46. The number of halogens is 2. The second kappa shape index (κ2) is 13.2. The maximum Gasteiger partial charge on any atom is 0.243 e. The summed E-state index contributed by atoms with van der Waals surface area (Å²) >= 11 is 13.0. The Bertz CT molecular complexity index is 1280. The minimum Gasteiger partial charge on any atom is -0.352 e. The van der Waals surface area contributed by atoms with E-state index in [0.717, 1.165) is 31.2 Å². The molecule has 3 aliphatic rings. The number of hydrogen-bond donors (Lipinski definition) is 1. The molecule has 2 aromatic rings. The van der Waals surface area contributed by atoms with E-state index in [2.05, 4.69) is 5.32 Å². The molecule has 216 valence electrons. The van der Waals surface area contributed by atoms with Gasteiger partial charge in [0.15, 0.2) is 0 Å². The lowest BCUT2D eigenvalue weighted by Crippen LogP contribution is -2.52. The van der Waals surface area contributed by atoms with Gasteiger partial charge in [0.1, 0.15) is 6.04 Å². The van der Waals surface area contributed by atoms with Gasteiger partial charge in [0.2, 0.25) is 23.6 Å². The molecule has 0 bridgehead atoms. The van der Waals surface area contributed by atoms with Gasteiger partial charge in [0.25, 0.3) is 0 Å². The average Bonchev–Trinajstić information content (AvgIpc) is 3.57. The van der Waals surface area contributed by atoms with Gasteiger partial charge in [-0.15, -0.1) is 0 Å². The number of carbonyl (C=O) groups excluding carboxylic acids is 4. The first kappa shape index (κ1) is 29.3. The number of amides is 4. The summed E-state index contributed by atoms with van der Waals surface area (Å²) < 4.78 is 0. The Hall–Kier alpha value is -3.16. The number of likely N-dealkylation sites (tertiary alicyclic amines) is 1. The van der Waals surface area contributed by atoms with Gasteiger partial charge in [-0.3, -0.25) is 24.1 Å². The lowest BCUT2D eigenvalue weighted by molar-refractivity contribution is -0.144. The van der Waals surface area contributed by atoms with E-state index in [-0.39, 0.29) is 61.0 Å². The average molecular weight is 597 g/mol. The van der Waals surface area contributed by atoms with Crippen LogP contribution in [0.3, 0.4) is 0 Å². The molecule has 1 N–H and O–H groups in total. The predicted octanol–water partition coefficient (Wildman–Crippen LogP) is 5.33. The fourth-order valence-corrected chi connectivity index (χ4v) is 6.73. The van der Waals surface area contributed by atoms with Crippen LogP contribution in [0.15, 0.2) is 60.7 Å². The first-order valence-corrected chi connectivity index (χ1v) is 15.2. The van der Waals surface area contributed by atoms with Crippen molar-refractivity contribution in [2.45, 2.75) is 70.0 Å². The number of imide groups is 1. The highest BCUT2D eigenvalue weighted by Gasteiger charge is 2.47. The van der Waals surface area contributed by atoms with Gasteiger partial charge >= 0.3 is 0 Å². The summed E-state index contributed by atoms with van der Waals surface area (Å²) in [6.45, 7) is -0.0114. The third-order valence-corrected chi connectivity index (χ3v) is 9.22. The zero-order valence-electron chi connectivity index (χ0n) is 22.9. The van der Waals surface area contributed by atoms with Crippen LogP contribution in [0.25, 0.3) is 0 Å². The Morgan fingerprint density at radius 2 is 1.51 bits per heavy atom. The highest BCUT2D eigenvalue weighted by molar-refractivity contribution is 6.36. The topological polar surface area (TPSA) is 86.8 Å². The second-order valence-electron chi connectivity index (χ2n) is 11.2. The van der Waals surface area contributed by atoms with Gasteiger partial charge in [0.05, 0.1) is 11.8 Å². The molecule has 41 heavy (non-hydrogen) atoms. The first-order chi connectivity index (χ1) is 19.8. The summed E-state index contributed by atoms with van der Waals surface area (Å²) in [6, 6.07) is 13.9. The van der Waals surface area contributed by atoms with Crippen molar-refractivity contribution in [2.24, 2.45) is 11.8 Å². The van der Waals surface area contributed by atoms with E-state index in [9.17, 15) is 19.2 Å². The largest absolute Gasteiger partial charge is 0.352 e. The zero-order valence-corrected chi connectivity index (χ0v) is 24.4. The standard InChI is InChI=1S/C32H35Cl2N3O4/c33-26-15-8-16-27(34)25(26)20-37(29(38)17-18-36-31(40)23-13-6-7-14-24(23)32(36)41)28(19-21-9-2-1-3-10-21)30(39)35-22-11-4-5-12-22/h1-3,6-10,15-16,22-24,28H,4-5,11-14,17-20H2,(H,35,39)/t23-,24+,28-/m0/s1. The van der Waals surface area contributed by atoms with Crippen LogP contribution in [0.5, 0.6) is 0 Å². The van der Waals surface area contributed by atoms with Crippen LogP contribution in [0, 0.1) is 11.8 Å². The number of rotatable bonds is 10. The van der Waals surface area contributed by atoms with E-state index in [1.165, 1.54) is 9.80 Å². The molecule has 3 atom stereocenters. The smallest absolute Gasteiger partial charge is 0.243 e. The minimum atomic E-state index is -0.838. The molecule has 0 unspecified atom stereocenters. The van der Waals surface area contributed by atoms with Crippen molar-refractivity contribution < 1.29 is 19.2 Å². The number of hydrogen-bond acceptors (Lipinski definition) is 4. The Labute approximate surface area is 250 Å². The molecule has 5 rings (SSSR count). The molecule has 2 aromatic carbocycles. The molecule has 0 aromatic heterocycles. The van der Waals surface area contributed by atoms with Gasteiger partial charge in [-0.25, -0.2) is 0 Å². The fraction of sp³-hybridized carbons (Fsp3) is 0.438. The Balaban J connectivity index is 1.42. The van der Waals surface area contributed by atoms with E-state index in [1.807, 2.05) is 42.5 Å². The lowest BCUT2D eigenvalue weighted by atomic mass is 9.85. The van der Waals surface area contributed by atoms with Gasteiger partial charge in [-0.2, -0.15) is 0 Å². The van der Waals surface area contributed by atoms with Crippen molar-refractivity contribution in [3.63, 3.8) is 0 Å². The van der Waals surface area contributed by atoms with Crippen molar-refractivity contribution >= 4 is 46.8 Å². The molecule has 2 aliphatic carbocycles. The van der Waals surface area contributed by atoms with Gasteiger partial charge < -0.3 is 10.2 Å². The first-order valence-electron chi connectivity index (χ1n) is 14.4. The SMILES string of the molecule is O=C(NC1CCCC1)[C@H](Cc1ccccc1)N(Cc1c(Cl)cccc1Cl)C(=O)CCN1C(=O)[C@H]2CC=CC[C@H]2C1=O. The molecular weight excluding hydrogens is 561 g/mol. The van der Waals surface area contributed by atoms with E-state index >= 15 is 0 Å². The quantitative estimate of drug-likeness (QED) is 0.297. The van der Waals surface area contributed by atoms with Crippen LogP contribution in [0.4, 0.5) is 0 Å². The Morgan fingerprint density at radius 1 is 0.902 bits per heavy atom. The molecule has 0 radical (unpaired) electrons. The Morgan fingerprint density at radius 3 is 2.12 bits per heavy atom. The maximum absolute atomic E-state index is 14.0. The highest BCUT2D eigenvalue weighted by atomic mass is 35.5. The monoisotopic (exact) mass is 595 g/mol. The molecule has 2 fully saturated rings. The van der Waals surface area contributed by atoms with Crippen LogP contribution in [0.2, 0.25) is 10.0 Å². The van der Waals surface area contributed by atoms with Crippen molar-refractivity contribution in [3.8, 4) is 0 Å². The summed E-state index contributed by atoms with van der Waals surface area (Å²) in [5, 5.41) is 3.96. The minimum absolute atomic E-state index is 0.0178. The van der Waals surface area contributed by atoms with E-state index in [4.69, 9.17) is 23.2 Å². The van der Waals surface area contributed by atoms with Gasteiger partial charge in [0, 0.05) is 47.6 Å². The number of carbonyl (C=O) groups is 4. The van der Waals surface area contributed by atoms with Crippen LogP contribution < -0.4 is 5.32 Å². The van der Waals surface area contributed by atoms with Crippen LogP contribution in [-0.4, -0.2) is 52.1 Å². The molecule has 1 aliphatic heterocycles. The fourth-order valence-electron chi connectivity index (χ4n) is 6.22. The third-order valence-electron chi connectivity index (χ3n) is 8.51. The number of fused-ring (bicyclic) bond motifs is 1. The molecule has 7 nitrogen and oxygen atoms in total. The molecule has 4 amide bonds. The normalized spacial score (nSPS) is 21.2. The lowest BCUT2D eigenvalue weighted by Gasteiger charge is -2.33. The number of benzene rings is 2.